The Labute approximate surface area is 154 Å². The van der Waals surface area contributed by atoms with Crippen molar-refractivity contribution in [3.8, 4) is 11.3 Å². The number of fused-ring (bicyclic) bond motifs is 2. The van der Waals surface area contributed by atoms with E-state index >= 15 is 0 Å². The number of piperazine rings is 1. The molecular weight excluding hydrogens is 320 g/mol. The summed E-state index contributed by atoms with van der Waals surface area (Å²) in [4.78, 5) is 7.55. The highest BCUT2D eigenvalue weighted by molar-refractivity contribution is 5.68. The molecule has 0 atom stereocenters. The number of nitrogens with zero attached hydrogens (tertiary/aromatic N) is 3. The molecule has 1 fully saturated rings. The predicted octanol–water partition coefficient (Wildman–Crippen LogP) is 3.29. The molecule has 3 aromatic rings. The van der Waals surface area contributed by atoms with Crippen LogP contribution in [0.3, 0.4) is 0 Å². The molecule has 1 aliphatic carbocycles. The van der Waals surface area contributed by atoms with E-state index < -0.39 is 0 Å². The molecule has 1 aliphatic heterocycles. The summed E-state index contributed by atoms with van der Waals surface area (Å²) in [5, 5.41) is 3.45. The fourth-order valence-corrected chi connectivity index (χ4v) is 4.39. The highest BCUT2D eigenvalue weighted by Crippen LogP contribution is 2.30. The van der Waals surface area contributed by atoms with Crippen molar-refractivity contribution in [3.05, 3.63) is 59.4 Å². The van der Waals surface area contributed by atoms with Crippen LogP contribution in [0.15, 0.2) is 42.6 Å². The van der Waals surface area contributed by atoms with Crippen LogP contribution in [-0.2, 0) is 19.4 Å². The zero-order chi connectivity index (χ0) is 17.3. The van der Waals surface area contributed by atoms with Crippen LogP contribution in [-0.4, -0.2) is 40.5 Å². The van der Waals surface area contributed by atoms with Crippen molar-refractivity contribution < 1.29 is 0 Å². The molecule has 1 N–H and O–H groups in total. The van der Waals surface area contributed by atoms with Gasteiger partial charge in [-0.1, -0.05) is 18.2 Å². The largest absolute Gasteiger partial charge is 0.314 e. The summed E-state index contributed by atoms with van der Waals surface area (Å²) in [5.74, 6) is 0. The van der Waals surface area contributed by atoms with Crippen molar-refractivity contribution in [3.63, 3.8) is 0 Å². The van der Waals surface area contributed by atoms with Crippen molar-refractivity contribution >= 4 is 5.65 Å². The average Bonchev–Trinajstić information content (AvgIpc) is 3.07. The molecule has 2 aliphatic rings. The summed E-state index contributed by atoms with van der Waals surface area (Å²) in [6, 6.07) is 13.3. The first-order chi connectivity index (χ1) is 12.9. The first-order valence-corrected chi connectivity index (χ1v) is 9.90. The smallest absolute Gasteiger partial charge is 0.137 e. The van der Waals surface area contributed by atoms with Gasteiger partial charge >= 0.3 is 0 Å². The maximum absolute atomic E-state index is 5.02. The van der Waals surface area contributed by atoms with Crippen molar-refractivity contribution in [2.75, 3.05) is 26.2 Å². The zero-order valence-corrected chi connectivity index (χ0v) is 15.2. The minimum absolute atomic E-state index is 0.958. The van der Waals surface area contributed by atoms with Crippen molar-refractivity contribution in [1.82, 2.24) is 19.6 Å². The van der Waals surface area contributed by atoms with E-state index in [9.17, 15) is 0 Å². The number of benzene rings is 1. The number of aromatic nitrogens is 2. The van der Waals surface area contributed by atoms with Crippen molar-refractivity contribution in [2.24, 2.45) is 0 Å². The third-order valence-corrected chi connectivity index (χ3v) is 5.83. The van der Waals surface area contributed by atoms with Gasteiger partial charge < -0.3 is 9.72 Å². The molecule has 134 valence electrons. The second-order valence-electron chi connectivity index (χ2n) is 7.55. The SMILES string of the molecule is c1ccn2c(CN3CCNCC3)c(-c3ccc4c(c3)CCCC4)nc2c1. The minimum atomic E-state index is 0.958. The van der Waals surface area contributed by atoms with Gasteiger partial charge in [0.2, 0.25) is 0 Å². The molecular formula is C22H26N4. The fourth-order valence-electron chi connectivity index (χ4n) is 4.39. The van der Waals surface area contributed by atoms with Gasteiger partial charge in [0.05, 0.1) is 11.4 Å². The van der Waals surface area contributed by atoms with E-state index in [4.69, 9.17) is 4.98 Å². The second-order valence-corrected chi connectivity index (χ2v) is 7.55. The number of pyridine rings is 1. The molecule has 5 rings (SSSR count). The van der Waals surface area contributed by atoms with Gasteiger partial charge in [-0.25, -0.2) is 4.98 Å². The molecule has 0 bridgehead atoms. The monoisotopic (exact) mass is 346 g/mol. The van der Waals surface area contributed by atoms with Crippen molar-refractivity contribution in [1.29, 1.82) is 0 Å². The lowest BCUT2D eigenvalue weighted by atomic mass is 9.90. The maximum Gasteiger partial charge on any atom is 0.137 e. The third kappa shape index (κ3) is 2.93. The van der Waals surface area contributed by atoms with Crippen LogP contribution in [0.5, 0.6) is 0 Å². The first kappa shape index (κ1) is 16.0. The lowest BCUT2D eigenvalue weighted by molar-refractivity contribution is 0.230. The van der Waals surface area contributed by atoms with Crippen molar-refractivity contribution in [2.45, 2.75) is 32.2 Å². The van der Waals surface area contributed by atoms with E-state index in [1.807, 2.05) is 0 Å². The molecule has 3 heterocycles. The van der Waals surface area contributed by atoms with E-state index in [-0.39, 0.29) is 0 Å². The zero-order valence-electron chi connectivity index (χ0n) is 15.2. The Morgan fingerprint density at radius 1 is 0.962 bits per heavy atom. The summed E-state index contributed by atoms with van der Waals surface area (Å²) in [6.07, 6.45) is 7.24. The van der Waals surface area contributed by atoms with Gasteiger partial charge in [0.15, 0.2) is 0 Å². The minimum Gasteiger partial charge on any atom is -0.314 e. The molecule has 26 heavy (non-hydrogen) atoms. The van der Waals surface area contributed by atoms with Gasteiger partial charge in [-0.15, -0.1) is 0 Å². The summed E-state index contributed by atoms with van der Waals surface area (Å²) in [5.41, 5.74) is 7.86. The van der Waals surface area contributed by atoms with Gasteiger partial charge in [0.1, 0.15) is 5.65 Å². The molecule has 0 unspecified atom stereocenters. The Morgan fingerprint density at radius 2 is 1.81 bits per heavy atom. The Balaban J connectivity index is 1.59. The fraction of sp³-hybridized carbons (Fsp3) is 0.409. The number of hydrogen-bond acceptors (Lipinski definition) is 3. The molecule has 1 aromatic carbocycles. The van der Waals surface area contributed by atoms with Crippen LogP contribution < -0.4 is 5.32 Å². The quantitative estimate of drug-likeness (QED) is 0.790. The Kier molecular flexibility index (Phi) is 4.23. The van der Waals surface area contributed by atoms with Gasteiger partial charge in [0.25, 0.3) is 0 Å². The molecule has 1 saturated heterocycles. The normalized spacial score (nSPS) is 18.2. The number of aryl methyl sites for hydroxylation is 2. The highest BCUT2D eigenvalue weighted by atomic mass is 15.2. The van der Waals surface area contributed by atoms with E-state index in [1.165, 1.54) is 48.1 Å². The maximum atomic E-state index is 5.02. The van der Waals surface area contributed by atoms with E-state index in [0.717, 1.165) is 44.1 Å². The Bertz CT molecular complexity index is 921. The number of rotatable bonds is 3. The Hall–Kier alpha value is -2.17. The van der Waals surface area contributed by atoms with Crippen LogP contribution in [0.25, 0.3) is 16.9 Å². The molecule has 0 amide bonds. The predicted molar refractivity (Wildman–Crippen MR) is 105 cm³/mol. The summed E-state index contributed by atoms with van der Waals surface area (Å²) < 4.78 is 2.27. The highest BCUT2D eigenvalue weighted by Gasteiger charge is 2.19. The third-order valence-electron chi connectivity index (χ3n) is 5.83. The molecule has 4 nitrogen and oxygen atoms in total. The number of nitrogens with one attached hydrogen (secondary N) is 1. The second kappa shape index (κ2) is 6.86. The van der Waals surface area contributed by atoms with Gasteiger partial charge in [-0.2, -0.15) is 0 Å². The van der Waals surface area contributed by atoms with Crippen LogP contribution in [0.4, 0.5) is 0 Å². The Morgan fingerprint density at radius 3 is 2.69 bits per heavy atom. The van der Waals surface area contributed by atoms with Crippen LogP contribution in [0.1, 0.15) is 29.7 Å². The first-order valence-electron chi connectivity index (χ1n) is 9.90. The van der Waals surface area contributed by atoms with E-state index in [0.29, 0.717) is 0 Å². The number of imidazole rings is 1. The average molecular weight is 346 g/mol. The lowest BCUT2D eigenvalue weighted by Crippen LogP contribution is -2.43. The lowest BCUT2D eigenvalue weighted by Gasteiger charge is -2.27. The molecule has 0 spiro atoms. The van der Waals surface area contributed by atoms with E-state index in [1.54, 1.807) is 0 Å². The topological polar surface area (TPSA) is 32.6 Å². The van der Waals surface area contributed by atoms with Gasteiger partial charge in [-0.3, -0.25) is 4.90 Å². The number of hydrogen-bond donors (Lipinski definition) is 1. The molecule has 4 heteroatoms. The van der Waals surface area contributed by atoms with Gasteiger partial charge in [0, 0.05) is 44.5 Å². The molecule has 0 saturated carbocycles. The van der Waals surface area contributed by atoms with Crippen LogP contribution in [0.2, 0.25) is 0 Å². The molecule has 0 radical (unpaired) electrons. The molecule has 2 aromatic heterocycles. The standard InChI is InChI=1S/C22H26N4/c1-2-6-18-15-19(9-8-17(18)5-1)22-20(16-25-13-10-23-11-14-25)26-12-4-3-7-21(26)24-22/h3-4,7-9,12,15,23H,1-2,5-6,10-11,13-14,16H2. The van der Waals surface area contributed by atoms with E-state index in [2.05, 4.69) is 57.2 Å². The summed E-state index contributed by atoms with van der Waals surface area (Å²) >= 11 is 0. The summed E-state index contributed by atoms with van der Waals surface area (Å²) in [7, 11) is 0. The summed E-state index contributed by atoms with van der Waals surface area (Å²) in [6.45, 7) is 5.31. The van der Waals surface area contributed by atoms with Gasteiger partial charge in [-0.05, 0) is 55.0 Å². The van der Waals surface area contributed by atoms with Crippen LogP contribution >= 0.6 is 0 Å². The van der Waals surface area contributed by atoms with Crippen LogP contribution in [0, 0.1) is 0 Å².